The molecule has 0 spiro atoms. The van der Waals surface area contributed by atoms with E-state index in [1.54, 1.807) is 0 Å². The van der Waals surface area contributed by atoms with Gasteiger partial charge in [0.1, 0.15) is 6.04 Å². The second-order valence-electron chi connectivity index (χ2n) is 5.99. The molecule has 0 aromatic heterocycles. The minimum atomic E-state index is -0.160. The molecule has 3 atom stereocenters. The predicted molar refractivity (Wildman–Crippen MR) is 69.8 cm³/mol. The van der Waals surface area contributed by atoms with Gasteiger partial charge in [0, 0.05) is 6.04 Å². The maximum Gasteiger partial charge on any atom is 0.323 e. The molecule has 1 fully saturated rings. The molecule has 1 aliphatic rings. The lowest BCUT2D eigenvalue weighted by atomic mass is 9.86. The molecule has 1 saturated carbocycles. The maximum absolute atomic E-state index is 11.8. The highest BCUT2D eigenvalue weighted by Gasteiger charge is 2.38. The standard InChI is InChI=1S/C14H27NO2/c1-6-10(2)12(13(16)17-5)15-11-8-7-9-14(11,3)4/h10-12,15H,6-9H2,1-5H3. The summed E-state index contributed by atoms with van der Waals surface area (Å²) in [5.41, 5.74) is 0.291. The Morgan fingerprint density at radius 1 is 1.53 bits per heavy atom. The Morgan fingerprint density at radius 2 is 2.18 bits per heavy atom. The summed E-state index contributed by atoms with van der Waals surface area (Å²) in [7, 11) is 1.47. The van der Waals surface area contributed by atoms with Crippen LogP contribution in [-0.4, -0.2) is 25.2 Å². The Labute approximate surface area is 105 Å². The van der Waals surface area contributed by atoms with Crippen molar-refractivity contribution in [3.05, 3.63) is 0 Å². The van der Waals surface area contributed by atoms with Crippen molar-refractivity contribution in [3.63, 3.8) is 0 Å². The van der Waals surface area contributed by atoms with Gasteiger partial charge in [-0.25, -0.2) is 0 Å². The van der Waals surface area contributed by atoms with E-state index >= 15 is 0 Å². The second kappa shape index (κ2) is 5.85. The molecular weight excluding hydrogens is 214 g/mol. The van der Waals surface area contributed by atoms with Crippen LogP contribution in [0.1, 0.15) is 53.4 Å². The van der Waals surface area contributed by atoms with Gasteiger partial charge in [-0.15, -0.1) is 0 Å². The first-order valence-electron chi connectivity index (χ1n) is 6.76. The van der Waals surface area contributed by atoms with Crippen LogP contribution in [0.15, 0.2) is 0 Å². The molecule has 0 radical (unpaired) electrons. The molecule has 3 nitrogen and oxygen atoms in total. The zero-order valence-electron chi connectivity index (χ0n) is 11.9. The molecule has 1 aliphatic carbocycles. The van der Waals surface area contributed by atoms with Crippen LogP contribution in [0.4, 0.5) is 0 Å². The Balaban J connectivity index is 2.69. The molecule has 3 heteroatoms. The predicted octanol–water partition coefficient (Wildman–Crippen LogP) is 2.74. The lowest BCUT2D eigenvalue weighted by Gasteiger charge is -2.33. The fraction of sp³-hybridized carbons (Fsp3) is 0.929. The maximum atomic E-state index is 11.8. The highest BCUT2D eigenvalue weighted by molar-refractivity contribution is 5.76. The van der Waals surface area contributed by atoms with Gasteiger partial charge in [-0.2, -0.15) is 0 Å². The average molecular weight is 241 g/mol. The Morgan fingerprint density at radius 3 is 2.59 bits per heavy atom. The first-order chi connectivity index (χ1) is 7.92. The fourth-order valence-corrected chi connectivity index (χ4v) is 2.68. The summed E-state index contributed by atoms with van der Waals surface area (Å²) in [5.74, 6) is 0.195. The third-order valence-corrected chi connectivity index (χ3v) is 4.31. The van der Waals surface area contributed by atoms with Gasteiger partial charge in [-0.1, -0.05) is 40.5 Å². The van der Waals surface area contributed by atoms with E-state index in [0.717, 1.165) is 12.8 Å². The van der Waals surface area contributed by atoms with Gasteiger partial charge in [0.05, 0.1) is 7.11 Å². The molecule has 0 aromatic carbocycles. The zero-order chi connectivity index (χ0) is 13.1. The van der Waals surface area contributed by atoms with Crippen molar-refractivity contribution in [1.82, 2.24) is 5.32 Å². The minimum absolute atomic E-state index is 0.123. The van der Waals surface area contributed by atoms with Crippen LogP contribution in [0.3, 0.4) is 0 Å². The van der Waals surface area contributed by atoms with Crippen molar-refractivity contribution in [3.8, 4) is 0 Å². The Hall–Kier alpha value is -0.570. The van der Waals surface area contributed by atoms with Gasteiger partial charge in [-0.3, -0.25) is 4.79 Å². The van der Waals surface area contributed by atoms with E-state index < -0.39 is 0 Å². The summed E-state index contributed by atoms with van der Waals surface area (Å²) in [6.07, 6.45) is 4.63. The lowest BCUT2D eigenvalue weighted by Crippen LogP contribution is -2.50. The Kier molecular flexibility index (Phi) is 4.99. The molecule has 0 amide bonds. The SMILES string of the molecule is CCC(C)C(NC1CCCC1(C)C)C(=O)OC. The molecule has 1 rings (SSSR count). The number of methoxy groups -OCH3 is 1. The second-order valence-corrected chi connectivity index (χ2v) is 5.99. The normalized spacial score (nSPS) is 26.5. The van der Waals surface area contributed by atoms with Gasteiger partial charge in [0.2, 0.25) is 0 Å². The molecule has 1 N–H and O–H groups in total. The van der Waals surface area contributed by atoms with Crippen molar-refractivity contribution >= 4 is 5.97 Å². The van der Waals surface area contributed by atoms with Gasteiger partial charge < -0.3 is 10.1 Å². The van der Waals surface area contributed by atoms with Crippen LogP contribution in [0, 0.1) is 11.3 Å². The van der Waals surface area contributed by atoms with Crippen LogP contribution in [0.5, 0.6) is 0 Å². The molecule has 0 aromatic rings. The van der Waals surface area contributed by atoms with E-state index in [1.807, 2.05) is 0 Å². The van der Waals surface area contributed by atoms with Crippen LogP contribution >= 0.6 is 0 Å². The first-order valence-corrected chi connectivity index (χ1v) is 6.76. The van der Waals surface area contributed by atoms with E-state index in [1.165, 1.54) is 20.0 Å². The van der Waals surface area contributed by atoms with E-state index in [9.17, 15) is 4.79 Å². The van der Waals surface area contributed by atoms with Crippen LogP contribution in [0.2, 0.25) is 0 Å². The van der Waals surface area contributed by atoms with Crippen LogP contribution < -0.4 is 5.32 Å². The number of ether oxygens (including phenoxy) is 1. The molecule has 0 aliphatic heterocycles. The quantitative estimate of drug-likeness (QED) is 0.752. The third-order valence-electron chi connectivity index (χ3n) is 4.31. The van der Waals surface area contributed by atoms with E-state index in [0.29, 0.717) is 17.4 Å². The first kappa shape index (κ1) is 14.5. The van der Waals surface area contributed by atoms with Crippen molar-refractivity contribution in [2.75, 3.05) is 7.11 Å². The smallest absolute Gasteiger partial charge is 0.323 e. The molecule has 0 bridgehead atoms. The largest absolute Gasteiger partial charge is 0.468 e. The number of nitrogens with one attached hydrogen (secondary N) is 1. The monoisotopic (exact) mass is 241 g/mol. The summed E-state index contributed by atoms with van der Waals surface area (Å²) in [5, 5.41) is 3.53. The topological polar surface area (TPSA) is 38.3 Å². The Bertz CT molecular complexity index is 263. The number of rotatable bonds is 5. The molecule has 0 heterocycles. The van der Waals surface area contributed by atoms with Crippen LogP contribution in [-0.2, 0) is 9.53 Å². The average Bonchev–Trinajstić information content (AvgIpc) is 2.63. The van der Waals surface area contributed by atoms with Gasteiger partial charge in [0.15, 0.2) is 0 Å². The number of hydrogen-bond donors (Lipinski definition) is 1. The van der Waals surface area contributed by atoms with E-state index in [-0.39, 0.29) is 12.0 Å². The van der Waals surface area contributed by atoms with E-state index in [2.05, 4.69) is 33.0 Å². The van der Waals surface area contributed by atoms with Crippen molar-refractivity contribution in [1.29, 1.82) is 0 Å². The molecule has 17 heavy (non-hydrogen) atoms. The van der Waals surface area contributed by atoms with E-state index in [4.69, 9.17) is 4.74 Å². The summed E-state index contributed by atoms with van der Waals surface area (Å²) in [6.45, 7) is 8.78. The highest BCUT2D eigenvalue weighted by Crippen LogP contribution is 2.37. The number of carbonyl (C=O) groups is 1. The van der Waals surface area contributed by atoms with Gasteiger partial charge in [0.25, 0.3) is 0 Å². The summed E-state index contributed by atoms with van der Waals surface area (Å²) < 4.78 is 4.91. The summed E-state index contributed by atoms with van der Waals surface area (Å²) in [6, 6.07) is 0.271. The summed E-state index contributed by atoms with van der Waals surface area (Å²) in [4.78, 5) is 11.8. The van der Waals surface area contributed by atoms with Crippen molar-refractivity contribution in [2.45, 2.75) is 65.5 Å². The minimum Gasteiger partial charge on any atom is -0.468 e. The number of carbonyl (C=O) groups excluding carboxylic acids is 1. The van der Waals surface area contributed by atoms with Crippen LogP contribution in [0.25, 0.3) is 0 Å². The summed E-state index contributed by atoms with van der Waals surface area (Å²) >= 11 is 0. The fourth-order valence-electron chi connectivity index (χ4n) is 2.68. The molecule has 3 unspecified atom stereocenters. The van der Waals surface area contributed by atoms with Gasteiger partial charge >= 0.3 is 5.97 Å². The third kappa shape index (κ3) is 3.44. The molecular formula is C14H27NO2. The zero-order valence-corrected chi connectivity index (χ0v) is 11.9. The number of esters is 1. The molecule has 100 valence electrons. The molecule has 0 saturated heterocycles. The highest BCUT2D eigenvalue weighted by atomic mass is 16.5. The van der Waals surface area contributed by atoms with Gasteiger partial charge in [-0.05, 0) is 24.2 Å². The number of hydrogen-bond acceptors (Lipinski definition) is 3. The van der Waals surface area contributed by atoms with Crippen molar-refractivity contribution in [2.24, 2.45) is 11.3 Å². The van der Waals surface area contributed by atoms with Crippen molar-refractivity contribution < 1.29 is 9.53 Å². The lowest BCUT2D eigenvalue weighted by molar-refractivity contribution is -0.145.